The van der Waals surface area contributed by atoms with E-state index in [9.17, 15) is 4.79 Å². The van der Waals surface area contributed by atoms with E-state index in [-0.39, 0.29) is 12.5 Å². The van der Waals surface area contributed by atoms with Crippen LogP contribution in [0.4, 0.5) is 5.82 Å². The first-order chi connectivity index (χ1) is 8.74. The van der Waals surface area contributed by atoms with Crippen LogP contribution in [-0.2, 0) is 9.53 Å². The number of anilines is 1. The minimum Gasteiger partial charge on any atom is -0.464 e. The number of aromatic nitrogens is 1. The molecule has 1 aromatic heterocycles. The van der Waals surface area contributed by atoms with Crippen LogP contribution in [0, 0.1) is 6.92 Å². The molecule has 0 amide bonds. The van der Waals surface area contributed by atoms with E-state index in [1.807, 2.05) is 19.1 Å². The summed E-state index contributed by atoms with van der Waals surface area (Å²) in [4.78, 5) is 15.6. The van der Waals surface area contributed by atoms with Gasteiger partial charge in [-0.1, -0.05) is 32.3 Å². The molecule has 0 aliphatic rings. The lowest BCUT2D eigenvalue weighted by molar-refractivity contribution is -0.141. The number of hydrogen-bond donors (Lipinski definition) is 1. The second-order valence-corrected chi connectivity index (χ2v) is 4.30. The molecule has 1 heterocycles. The van der Waals surface area contributed by atoms with Gasteiger partial charge in [0.2, 0.25) is 0 Å². The molecule has 1 aromatic rings. The number of nitrogens with zero attached hydrogens (tertiary/aromatic N) is 1. The first-order valence-electron chi connectivity index (χ1n) is 6.55. The number of ether oxygens (including phenoxy) is 1. The molecular formula is C14H22N2O2. The zero-order chi connectivity index (χ0) is 13.2. The maximum Gasteiger partial charge on any atom is 0.325 e. The van der Waals surface area contributed by atoms with Crippen molar-refractivity contribution >= 4 is 11.8 Å². The minimum absolute atomic E-state index is 0.172. The van der Waals surface area contributed by atoms with Gasteiger partial charge in [0.1, 0.15) is 12.4 Å². The van der Waals surface area contributed by atoms with Crippen molar-refractivity contribution in [2.75, 3.05) is 18.5 Å². The van der Waals surface area contributed by atoms with Crippen molar-refractivity contribution in [1.82, 2.24) is 4.98 Å². The molecular weight excluding hydrogens is 228 g/mol. The zero-order valence-electron chi connectivity index (χ0n) is 11.2. The quantitative estimate of drug-likeness (QED) is 0.569. The van der Waals surface area contributed by atoms with E-state index in [4.69, 9.17) is 4.74 Å². The van der Waals surface area contributed by atoms with E-state index >= 15 is 0 Å². The van der Waals surface area contributed by atoms with Gasteiger partial charge in [0.15, 0.2) is 0 Å². The van der Waals surface area contributed by atoms with E-state index in [1.165, 1.54) is 12.8 Å². The van der Waals surface area contributed by atoms with Crippen molar-refractivity contribution in [3.8, 4) is 0 Å². The highest BCUT2D eigenvalue weighted by Crippen LogP contribution is 2.08. The van der Waals surface area contributed by atoms with Crippen molar-refractivity contribution in [3.05, 3.63) is 23.9 Å². The monoisotopic (exact) mass is 250 g/mol. The molecule has 4 nitrogen and oxygen atoms in total. The Bertz CT molecular complexity index is 367. The number of carbonyl (C=O) groups is 1. The number of pyridine rings is 1. The summed E-state index contributed by atoms with van der Waals surface area (Å²) in [6, 6.07) is 3.82. The number of aryl methyl sites for hydroxylation is 1. The van der Waals surface area contributed by atoms with Crippen LogP contribution in [0.25, 0.3) is 0 Å². The predicted molar refractivity (Wildman–Crippen MR) is 72.6 cm³/mol. The summed E-state index contributed by atoms with van der Waals surface area (Å²) in [5, 5.41) is 2.98. The van der Waals surface area contributed by atoms with Crippen molar-refractivity contribution in [1.29, 1.82) is 0 Å². The third-order valence-corrected chi connectivity index (χ3v) is 2.67. The Kier molecular flexibility index (Phi) is 6.84. The van der Waals surface area contributed by atoms with Crippen LogP contribution in [-0.4, -0.2) is 24.1 Å². The smallest absolute Gasteiger partial charge is 0.325 e. The van der Waals surface area contributed by atoms with Gasteiger partial charge in [0.05, 0.1) is 6.61 Å². The lowest BCUT2D eigenvalue weighted by Crippen LogP contribution is -2.18. The van der Waals surface area contributed by atoms with Gasteiger partial charge < -0.3 is 10.1 Å². The lowest BCUT2D eigenvalue weighted by atomic mass is 10.2. The van der Waals surface area contributed by atoms with Gasteiger partial charge in [-0.25, -0.2) is 4.98 Å². The van der Waals surface area contributed by atoms with Crippen LogP contribution < -0.4 is 5.32 Å². The molecule has 0 aliphatic carbocycles. The molecule has 0 unspecified atom stereocenters. The topological polar surface area (TPSA) is 51.2 Å². The number of nitrogens with one attached hydrogen (secondary N) is 1. The third-order valence-electron chi connectivity index (χ3n) is 2.67. The Hall–Kier alpha value is -1.58. The summed E-state index contributed by atoms with van der Waals surface area (Å²) in [5.74, 6) is 0.511. The number of rotatable bonds is 8. The van der Waals surface area contributed by atoms with Crippen molar-refractivity contribution in [3.63, 3.8) is 0 Å². The van der Waals surface area contributed by atoms with E-state index in [1.54, 1.807) is 6.20 Å². The Labute approximate surface area is 109 Å². The number of unbranched alkanes of at least 4 members (excludes halogenated alkanes) is 3. The van der Waals surface area contributed by atoms with Crippen molar-refractivity contribution in [2.45, 2.75) is 39.5 Å². The molecule has 0 saturated carbocycles. The van der Waals surface area contributed by atoms with Gasteiger partial charge >= 0.3 is 5.97 Å². The molecule has 18 heavy (non-hydrogen) atoms. The molecule has 0 saturated heterocycles. The maximum atomic E-state index is 11.4. The fourth-order valence-corrected chi connectivity index (χ4v) is 1.59. The first kappa shape index (κ1) is 14.5. The lowest BCUT2D eigenvalue weighted by Gasteiger charge is -2.08. The number of carbonyl (C=O) groups excluding carboxylic acids is 1. The highest BCUT2D eigenvalue weighted by atomic mass is 16.5. The summed E-state index contributed by atoms with van der Waals surface area (Å²) in [5.41, 5.74) is 1.02. The van der Waals surface area contributed by atoms with Gasteiger partial charge in [-0.05, 0) is 25.0 Å². The molecule has 0 fully saturated rings. The van der Waals surface area contributed by atoms with E-state index in [0.717, 1.165) is 24.2 Å². The second-order valence-electron chi connectivity index (χ2n) is 4.30. The van der Waals surface area contributed by atoms with E-state index in [2.05, 4.69) is 17.2 Å². The molecule has 0 bridgehead atoms. The average molecular weight is 250 g/mol. The highest BCUT2D eigenvalue weighted by molar-refractivity contribution is 5.74. The van der Waals surface area contributed by atoms with Crippen LogP contribution in [0.1, 0.15) is 38.2 Å². The van der Waals surface area contributed by atoms with Gasteiger partial charge in [-0.3, -0.25) is 4.79 Å². The van der Waals surface area contributed by atoms with E-state index < -0.39 is 0 Å². The van der Waals surface area contributed by atoms with Gasteiger partial charge in [0, 0.05) is 6.20 Å². The fourth-order valence-electron chi connectivity index (χ4n) is 1.59. The second kappa shape index (κ2) is 8.50. The van der Waals surface area contributed by atoms with Gasteiger partial charge in [-0.15, -0.1) is 0 Å². The summed E-state index contributed by atoms with van der Waals surface area (Å²) in [6.07, 6.45) is 6.15. The van der Waals surface area contributed by atoms with E-state index in [0.29, 0.717) is 6.61 Å². The molecule has 0 aromatic carbocycles. The van der Waals surface area contributed by atoms with Crippen molar-refractivity contribution in [2.24, 2.45) is 0 Å². The van der Waals surface area contributed by atoms with Crippen LogP contribution in [0.3, 0.4) is 0 Å². The highest BCUT2D eigenvalue weighted by Gasteiger charge is 2.04. The van der Waals surface area contributed by atoms with Crippen molar-refractivity contribution < 1.29 is 9.53 Å². The Morgan fingerprint density at radius 3 is 2.94 bits per heavy atom. The van der Waals surface area contributed by atoms with Crippen LogP contribution in [0.2, 0.25) is 0 Å². The molecule has 4 heteroatoms. The van der Waals surface area contributed by atoms with Gasteiger partial charge in [0.25, 0.3) is 0 Å². The van der Waals surface area contributed by atoms with Crippen LogP contribution in [0.5, 0.6) is 0 Å². The largest absolute Gasteiger partial charge is 0.464 e. The zero-order valence-corrected chi connectivity index (χ0v) is 11.2. The Morgan fingerprint density at radius 2 is 2.22 bits per heavy atom. The molecule has 100 valence electrons. The normalized spacial score (nSPS) is 10.1. The summed E-state index contributed by atoms with van der Waals surface area (Å²) in [6.45, 7) is 4.80. The minimum atomic E-state index is -0.225. The summed E-state index contributed by atoms with van der Waals surface area (Å²) >= 11 is 0. The molecule has 0 radical (unpaired) electrons. The SMILES string of the molecule is CCCCCCOC(=O)CNc1ncccc1C. The number of esters is 1. The fraction of sp³-hybridized carbons (Fsp3) is 0.571. The third kappa shape index (κ3) is 5.66. The molecule has 1 N–H and O–H groups in total. The predicted octanol–water partition coefficient (Wildman–Crippen LogP) is 2.93. The molecule has 0 spiro atoms. The van der Waals surface area contributed by atoms with Crippen LogP contribution in [0.15, 0.2) is 18.3 Å². The standard InChI is InChI=1S/C14H22N2O2/c1-3-4-5-6-10-18-13(17)11-16-14-12(2)8-7-9-15-14/h7-9H,3-6,10-11H2,1-2H3,(H,15,16). The summed E-state index contributed by atoms with van der Waals surface area (Å²) in [7, 11) is 0. The molecule has 1 rings (SSSR count). The first-order valence-corrected chi connectivity index (χ1v) is 6.55. The average Bonchev–Trinajstić information content (AvgIpc) is 2.37. The number of hydrogen-bond acceptors (Lipinski definition) is 4. The molecule has 0 aliphatic heterocycles. The van der Waals surface area contributed by atoms with Gasteiger partial charge in [-0.2, -0.15) is 0 Å². The van der Waals surface area contributed by atoms with Crippen LogP contribution >= 0.6 is 0 Å². The molecule has 0 atom stereocenters. The Balaban J connectivity index is 2.15. The summed E-state index contributed by atoms with van der Waals surface area (Å²) < 4.78 is 5.12. The Morgan fingerprint density at radius 1 is 1.39 bits per heavy atom. The maximum absolute atomic E-state index is 11.4.